The Morgan fingerprint density at radius 2 is 2.22 bits per heavy atom. The minimum absolute atomic E-state index is 0.0485. The van der Waals surface area contributed by atoms with Gasteiger partial charge in [-0.1, -0.05) is 0 Å². The number of aromatic carboxylic acids is 1. The lowest BCUT2D eigenvalue weighted by Crippen LogP contribution is -2.22. The Balaban J connectivity index is 2.31. The van der Waals surface area contributed by atoms with Gasteiger partial charge in [0.15, 0.2) is 0 Å². The van der Waals surface area contributed by atoms with E-state index in [1.807, 2.05) is 0 Å². The van der Waals surface area contributed by atoms with Gasteiger partial charge in [0.2, 0.25) is 0 Å². The highest BCUT2D eigenvalue weighted by Crippen LogP contribution is 2.03. The lowest BCUT2D eigenvalue weighted by atomic mass is 10.2. The average Bonchev–Trinajstić information content (AvgIpc) is 2.33. The molecule has 2 heterocycles. The van der Waals surface area contributed by atoms with E-state index in [4.69, 9.17) is 5.11 Å². The first-order valence-electron chi connectivity index (χ1n) is 5.28. The molecule has 2 aromatic heterocycles. The molecule has 0 atom stereocenters. The first-order valence-corrected chi connectivity index (χ1v) is 5.28. The van der Waals surface area contributed by atoms with E-state index in [0.717, 1.165) is 5.56 Å². The van der Waals surface area contributed by atoms with Crippen molar-refractivity contribution in [2.24, 2.45) is 0 Å². The van der Waals surface area contributed by atoms with Crippen molar-refractivity contribution in [3.63, 3.8) is 0 Å². The smallest absolute Gasteiger partial charge is 0.354 e. The van der Waals surface area contributed by atoms with Crippen molar-refractivity contribution in [3.05, 3.63) is 57.8 Å². The van der Waals surface area contributed by atoms with Gasteiger partial charge in [0.1, 0.15) is 5.69 Å². The van der Waals surface area contributed by atoms with Crippen LogP contribution in [0.5, 0.6) is 0 Å². The van der Waals surface area contributed by atoms with E-state index in [-0.39, 0.29) is 17.8 Å². The van der Waals surface area contributed by atoms with E-state index in [2.05, 4.69) is 10.1 Å². The molecular weight excluding hydrogens is 234 g/mol. The molecule has 0 radical (unpaired) electrons. The molecule has 0 bridgehead atoms. The SMILES string of the molecule is Cc1cnn(Cc2ccnc(C(=O)O)c2)c(=O)c1. The lowest BCUT2D eigenvalue weighted by molar-refractivity contribution is 0.0690. The van der Waals surface area contributed by atoms with Gasteiger partial charge in [-0.05, 0) is 30.2 Å². The highest BCUT2D eigenvalue weighted by Gasteiger charge is 2.06. The zero-order valence-corrected chi connectivity index (χ0v) is 9.70. The summed E-state index contributed by atoms with van der Waals surface area (Å²) < 4.78 is 1.27. The van der Waals surface area contributed by atoms with Crippen LogP contribution >= 0.6 is 0 Å². The van der Waals surface area contributed by atoms with Crippen LogP contribution in [0.25, 0.3) is 0 Å². The molecule has 6 nitrogen and oxygen atoms in total. The Hall–Kier alpha value is -2.50. The Kier molecular flexibility index (Phi) is 3.18. The summed E-state index contributed by atoms with van der Waals surface area (Å²) >= 11 is 0. The lowest BCUT2D eigenvalue weighted by Gasteiger charge is -2.05. The molecule has 0 saturated carbocycles. The molecule has 0 fully saturated rings. The Bertz CT molecular complexity index is 649. The molecule has 0 aliphatic rings. The molecule has 2 rings (SSSR count). The topological polar surface area (TPSA) is 85.1 Å². The largest absolute Gasteiger partial charge is 0.477 e. The summed E-state index contributed by atoms with van der Waals surface area (Å²) in [6, 6.07) is 4.56. The quantitative estimate of drug-likeness (QED) is 0.860. The maximum atomic E-state index is 11.6. The molecule has 0 unspecified atom stereocenters. The molecule has 92 valence electrons. The first kappa shape index (κ1) is 12.0. The molecule has 6 heteroatoms. The van der Waals surface area contributed by atoms with Crippen molar-refractivity contribution in [1.82, 2.24) is 14.8 Å². The number of pyridine rings is 1. The average molecular weight is 245 g/mol. The molecular formula is C12H11N3O3. The van der Waals surface area contributed by atoms with Crippen LogP contribution in [0.1, 0.15) is 21.6 Å². The third-order valence-electron chi connectivity index (χ3n) is 2.38. The number of hydrogen-bond donors (Lipinski definition) is 1. The van der Waals surface area contributed by atoms with Crippen molar-refractivity contribution in [1.29, 1.82) is 0 Å². The van der Waals surface area contributed by atoms with E-state index < -0.39 is 5.97 Å². The third-order valence-corrected chi connectivity index (χ3v) is 2.38. The number of aromatic nitrogens is 3. The maximum Gasteiger partial charge on any atom is 0.354 e. The van der Waals surface area contributed by atoms with Crippen LogP contribution in [0, 0.1) is 6.92 Å². The zero-order chi connectivity index (χ0) is 13.1. The fourth-order valence-electron chi connectivity index (χ4n) is 1.51. The molecule has 18 heavy (non-hydrogen) atoms. The molecule has 2 aromatic rings. The Labute approximate surface area is 103 Å². The van der Waals surface area contributed by atoms with Crippen molar-refractivity contribution in [2.75, 3.05) is 0 Å². The second kappa shape index (κ2) is 4.79. The van der Waals surface area contributed by atoms with E-state index in [1.165, 1.54) is 23.0 Å². The minimum atomic E-state index is -1.10. The van der Waals surface area contributed by atoms with Gasteiger partial charge in [0.25, 0.3) is 5.56 Å². The third kappa shape index (κ3) is 2.60. The normalized spacial score (nSPS) is 10.3. The van der Waals surface area contributed by atoms with Crippen molar-refractivity contribution in [2.45, 2.75) is 13.5 Å². The summed E-state index contributed by atoms with van der Waals surface area (Å²) in [7, 11) is 0. The predicted molar refractivity (Wildman–Crippen MR) is 63.5 cm³/mol. The van der Waals surface area contributed by atoms with Crippen LogP contribution < -0.4 is 5.56 Å². The van der Waals surface area contributed by atoms with E-state index >= 15 is 0 Å². The van der Waals surface area contributed by atoms with Gasteiger partial charge < -0.3 is 5.11 Å². The number of carboxylic acids is 1. The summed E-state index contributed by atoms with van der Waals surface area (Å²) in [6.07, 6.45) is 2.98. The monoisotopic (exact) mass is 245 g/mol. The Morgan fingerprint density at radius 3 is 2.89 bits per heavy atom. The number of rotatable bonds is 3. The van der Waals surface area contributed by atoms with Gasteiger partial charge in [-0.25, -0.2) is 14.5 Å². The van der Waals surface area contributed by atoms with Gasteiger partial charge in [-0.3, -0.25) is 4.79 Å². The number of aryl methyl sites for hydroxylation is 1. The van der Waals surface area contributed by atoms with Crippen molar-refractivity contribution < 1.29 is 9.90 Å². The molecule has 0 aromatic carbocycles. The summed E-state index contributed by atoms with van der Waals surface area (Å²) in [5.74, 6) is -1.10. The Morgan fingerprint density at radius 1 is 1.44 bits per heavy atom. The fourth-order valence-corrected chi connectivity index (χ4v) is 1.51. The molecule has 0 spiro atoms. The van der Waals surface area contributed by atoms with Crippen molar-refractivity contribution in [3.8, 4) is 0 Å². The summed E-state index contributed by atoms with van der Waals surface area (Å²) in [5, 5.41) is 12.8. The van der Waals surface area contributed by atoms with Crippen LogP contribution in [-0.4, -0.2) is 25.8 Å². The van der Waals surface area contributed by atoms with Gasteiger partial charge in [-0.15, -0.1) is 0 Å². The number of hydrogen-bond acceptors (Lipinski definition) is 4. The van der Waals surface area contributed by atoms with E-state index in [9.17, 15) is 9.59 Å². The van der Waals surface area contributed by atoms with Gasteiger partial charge in [0, 0.05) is 12.3 Å². The predicted octanol–water partition coefficient (Wildman–Crippen LogP) is 0.693. The number of carbonyl (C=O) groups is 1. The van der Waals surface area contributed by atoms with Crippen LogP contribution in [0.3, 0.4) is 0 Å². The zero-order valence-electron chi connectivity index (χ0n) is 9.70. The highest BCUT2D eigenvalue weighted by atomic mass is 16.4. The van der Waals surface area contributed by atoms with Crippen molar-refractivity contribution >= 4 is 5.97 Å². The number of carboxylic acid groups (broad SMARTS) is 1. The summed E-state index contributed by atoms with van der Waals surface area (Å²) in [4.78, 5) is 26.1. The minimum Gasteiger partial charge on any atom is -0.477 e. The van der Waals surface area contributed by atoms with Crippen LogP contribution in [0.2, 0.25) is 0 Å². The number of nitrogens with zero attached hydrogens (tertiary/aromatic N) is 3. The second-order valence-corrected chi connectivity index (χ2v) is 3.88. The van der Waals surface area contributed by atoms with E-state index in [1.54, 1.807) is 19.2 Å². The standard InChI is InChI=1S/C12H11N3O3/c1-8-4-11(16)15(14-6-8)7-9-2-3-13-10(5-9)12(17)18/h2-6H,7H2,1H3,(H,17,18). The molecule has 1 N–H and O–H groups in total. The summed E-state index contributed by atoms with van der Waals surface area (Å²) in [6.45, 7) is 2.01. The molecule has 0 aliphatic heterocycles. The van der Waals surface area contributed by atoms with Gasteiger partial charge in [0.05, 0.1) is 12.7 Å². The first-order chi connectivity index (χ1) is 8.56. The summed E-state index contributed by atoms with van der Waals surface area (Å²) in [5.41, 5.74) is 1.19. The van der Waals surface area contributed by atoms with Crippen LogP contribution in [-0.2, 0) is 6.54 Å². The van der Waals surface area contributed by atoms with Crippen LogP contribution in [0.4, 0.5) is 0 Å². The fraction of sp³-hybridized carbons (Fsp3) is 0.167. The highest BCUT2D eigenvalue weighted by molar-refractivity contribution is 5.85. The molecule has 0 aliphatic carbocycles. The van der Waals surface area contributed by atoms with Gasteiger partial charge >= 0.3 is 5.97 Å². The molecule has 0 saturated heterocycles. The van der Waals surface area contributed by atoms with Gasteiger partial charge in [-0.2, -0.15) is 5.10 Å². The van der Waals surface area contributed by atoms with Crippen LogP contribution in [0.15, 0.2) is 35.4 Å². The van der Waals surface area contributed by atoms with E-state index in [0.29, 0.717) is 5.56 Å². The second-order valence-electron chi connectivity index (χ2n) is 3.88. The molecule has 0 amide bonds. The maximum absolute atomic E-state index is 11.6.